The molecule has 1 saturated carbocycles. The summed E-state index contributed by atoms with van der Waals surface area (Å²) >= 11 is 0. The van der Waals surface area contributed by atoms with Gasteiger partial charge in [0.15, 0.2) is 17.5 Å². The van der Waals surface area contributed by atoms with Crippen LogP contribution in [0.4, 0.5) is 35.2 Å². The normalized spacial score (nSPS) is 16.4. The van der Waals surface area contributed by atoms with E-state index in [2.05, 4.69) is 20.3 Å². The Labute approximate surface area is 208 Å². The number of nitrogens with zero attached hydrogens (tertiary/aromatic N) is 3. The molecular formula is C26H20F3N5O3. The lowest BCUT2D eigenvalue weighted by Gasteiger charge is -2.35. The summed E-state index contributed by atoms with van der Waals surface area (Å²) in [5.41, 5.74) is 2.43. The molecule has 1 aliphatic carbocycles. The summed E-state index contributed by atoms with van der Waals surface area (Å²) in [6, 6.07) is 12.0. The molecular weight excluding hydrogens is 487 g/mol. The van der Waals surface area contributed by atoms with E-state index in [4.69, 9.17) is 4.74 Å². The zero-order chi connectivity index (χ0) is 25.7. The largest absolute Gasteiger partial charge is 0.445 e. The Hall–Kier alpha value is -4.41. The Morgan fingerprint density at radius 3 is 2.81 bits per heavy atom. The van der Waals surface area contributed by atoms with Crippen molar-refractivity contribution in [2.45, 2.75) is 31.3 Å². The maximum Gasteiger partial charge on any atom is 0.414 e. The van der Waals surface area contributed by atoms with Crippen molar-refractivity contribution in [3.05, 3.63) is 76.6 Å². The van der Waals surface area contributed by atoms with Gasteiger partial charge in [0.25, 0.3) is 11.5 Å². The quantitative estimate of drug-likeness (QED) is 0.396. The number of aromatic nitrogens is 3. The number of hydrogen-bond acceptors (Lipinski definition) is 6. The van der Waals surface area contributed by atoms with Gasteiger partial charge in [-0.25, -0.2) is 27.9 Å². The zero-order valence-corrected chi connectivity index (χ0v) is 19.3. The Balaban J connectivity index is 1.22. The summed E-state index contributed by atoms with van der Waals surface area (Å²) in [4.78, 5) is 36.9. The number of benzene rings is 2. The fraction of sp³-hybridized carbons (Fsp3) is 0.231. The minimum atomic E-state index is -2.76. The average Bonchev–Trinajstić information content (AvgIpc) is 3.28. The number of carbonyl (C=O) groups is 1. The van der Waals surface area contributed by atoms with Gasteiger partial charge in [-0.3, -0.25) is 9.69 Å². The number of halogens is 3. The molecule has 1 fully saturated rings. The second kappa shape index (κ2) is 8.61. The smallest absolute Gasteiger partial charge is 0.414 e. The van der Waals surface area contributed by atoms with E-state index in [1.54, 1.807) is 36.4 Å². The number of aromatic amines is 1. The van der Waals surface area contributed by atoms with Crippen LogP contribution < -0.4 is 15.8 Å². The lowest BCUT2D eigenvalue weighted by Crippen LogP contribution is -2.45. The zero-order valence-electron chi connectivity index (χ0n) is 19.3. The summed E-state index contributed by atoms with van der Waals surface area (Å²) < 4.78 is 45.9. The Morgan fingerprint density at radius 1 is 1.16 bits per heavy atom. The molecule has 188 valence electrons. The molecule has 6 rings (SSSR count). The highest BCUT2D eigenvalue weighted by atomic mass is 19.3. The SMILES string of the molecule is O=C(OC1CC(F)(F)C1)N1CCc2cc(-c3ncc(F)c(Nc4ccc5c(=O)[nH]ccc5c4)n3)ccc21. The molecule has 4 aromatic rings. The van der Waals surface area contributed by atoms with Crippen molar-refractivity contribution < 1.29 is 22.7 Å². The summed E-state index contributed by atoms with van der Waals surface area (Å²) in [5, 5.41) is 4.15. The first-order chi connectivity index (χ1) is 17.8. The number of rotatable bonds is 4. The molecule has 0 unspecified atom stereocenters. The number of hydrogen-bond donors (Lipinski definition) is 2. The Bertz CT molecular complexity index is 1600. The Kier molecular flexibility index (Phi) is 5.36. The minimum Gasteiger partial charge on any atom is -0.445 e. The van der Waals surface area contributed by atoms with Gasteiger partial charge < -0.3 is 15.0 Å². The lowest BCUT2D eigenvalue weighted by atomic mass is 9.91. The van der Waals surface area contributed by atoms with Gasteiger partial charge >= 0.3 is 6.09 Å². The predicted molar refractivity (Wildman–Crippen MR) is 131 cm³/mol. The van der Waals surface area contributed by atoms with E-state index >= 15 is 0 Å². The van der Waals surface area contributed by atoms with Gasteiger partial charge in [-0.05, 0) is 59.8 Å². The number of amides is 1. The highest BCUT2D eigenvalue weighted by Gasteiger charge is 2.48. The van der Waals surface area contributed by atoms with Crippen LogP contribution in [0.15, 0.2) is 59.7 Å². The van der Waals surface area contributed by atoms with Crippen LogP contribution in [0.1, 0.15) is 18.4 Å². The van der Waals surface area contributed by atoms with E-state index < -0.39 is 36.8 Å². The molecule has 1 aliphatic heterocycles. The van der Waals surface area contributed by atoms with Crippen molar-refractivity contribution in [2.75, 3.05) is 16.8 Å². The van der Waals surface area contributed by atoms with Crippen LogP contribution in [0.2, 0.25) is 0 Å². The third-order valence-electron chi connectivity index (χ3n) is 6.55. The molecule has 0 spiro atoms. The average molecular weight is 507 g/mol. The maximum atomic E-state index is 14.5. The summed E-state index contributed by atoms with van der Waals surface area (Å²) in [6.45, 7) is 0.364. The monoisotopic (exact) mass is 507 g/mol. The van der Waals surface area contributed by atoms with Gasteiger partial charge in [-0.15, -0.1) is 0 Å². The van der Waals surface area contributed by atoms with Crippen molar-refractivity contribution in [3.8, 4) is 11.4 Å². The first kappa shape index (κ1) is 23.0. The van der Waals surface area contributed by atoms with Crippen LogP contribution in [-0.4, -0.2) is 39.6 Å². The molecule has 0 radical (unpaired) electrons. The van der Waals surface area contributed by atoms with Crippen molar-refractivity contribution in [3.63, 3.8) is 0 Å². The van der Waals surface area contributed by atoms with E-state index in [1.165, 1.54) is 11.1 Å². The second-order valence-electron chi connectivity index (χ2n) is 9.14. The van der Waals surface area contributed by atoms with Gasteiger partial charge in [-0.1, -0.05) is 0 Å². The number of H-pyrrole nitrogens is 1. The van der Waals surface area contributed by atoms with Crippen LogP contribution in [-0.2, 0) is 11.2 Å². The molecule has 37 heavy (non-hydrogen) atoms. The fourth-order valence-electron chi connectivity index (χ4n) is 4.63. The summed E-state index contributed by atoms with van der Waals surface area (Å²) in [5.74, 6) is -3.16. The molecule has 11 heteroatoms. The van der Waals surface area contributed by atoms with Gasteiger partial charge in [0.1, 0.15) is 6.10 Å². The van der Waals surface area contributed by atoms with Crippen LogP contribution in [0.3, 0.4) is 0 Å². The molecule has 2 aromatic heterocycles. The topological polar surface area (TPSA) is 100 Å². The molecule has 2 aliphatic rings. The standard InChI is InChI=1S/C26H20F3N5O3/c27-20-13-31-22(33-23(20)32-17-2-3-19-14(10-17)5-7-30-24(19)35)16-1-4-21-15(9-16)6-8-34(21)25(36)37-18-11-26(28,29)12-18/h1-5,7,9-10,13,18H,6,8,11-12H2,(H,30,35)(H,31,32,33). The summed E-state index contributed by atoms with van der Waals surface area (Å²) in [6.07, 6.45) is 0.839. The molecule has 2 N–H and O–H groups in total. The van der Waals surface area contributed by atoms with Gasteiger partial charge in [-0.2, -0.15) is 0 Å². The number of pyridine rings is 1. The third-order valence-corrected chi connectivity index (χ3v) is 6.55. The van der Waals surface area contributed by atoms with Crippen LogP contribution >= 0.6 is 0 Å². The highest BCUT2D eigenvalue weighted by molar-refractivity contribution is 5.91. The molecule has 8 nitrogen and oxygen atoms in total. The van der Waals surface area contributed by atoms with Crippen LogP contribution in [0.25, 0.3) is 22.2 Å². The van der Waals surface area contributed by atoms with Gasteiger partial charge in [0.05, 0.1) is 11.9 Å². The predicted octanol–water partition coefficient (Wildman–Crippen LogP) is 5.16. The fourth-order valence-corrected chi connectivity index (χ4v) is 4.63. The molecule has 1 amide bonds. The van der Waals surface area contributed by atoms with Gasteiger partial charge in [0, 0.05) is 42.2 Å². The molecule has 0 saturated heterocycles. The van der Waals surface area contributed by atoms with E-state index in [0.29, 0.717) is 40.7 Å². The number of alkyl halides is 2. The number of fused-ring (bicyclic) bond motifs is 2. The number of ether oxygens (including phenoxy) is 1. The molecule has 0 bridgehead atoms. The minimum absolute atomic E-state index is 0.0304. The van der Waals surface area contributed by atoms with E-state index in [0.717, 1.165) is 11.8 Å². The number of carbonyl (C=O) groups excluding carboxylic acids is 1. The number of anilines is 3. The van der Waals surface area contributed by atoms with Crippen molar-refractivity contribution >= 4 is 34.1 Å². The first-order valence-electron chi connectivity index (χ1n) is 11.7. The summed E-state index contributed by atoms with van der Waals surface area (Å²) in [7, 11) is 0. The molecule has 0 atom stereocenters. The van der Waals surface area contributed by atoms with Crippen molar-refractivity contribution in [1.29, 1.82) is 0 Å². The van der Waals surface area contributed by atoms with Crippen molar-refractivity contribution in [2.24, 2.45) is 0 Å². The lowest BCUT2D eigenvalue weighted by molar-refractivity contribution is -0.143. The third kappa shape index (κ3) is 4.37. The van der Waals surface area contributed by atoms with E-state index in [9.17, 15) is 22.8 Å². The first-order valence-corrected chi connectivity index (χ1v) is 11.7. The van der Waals surface area contributed by atoms with Gasteiger partial charge in [0.2, 0.25) is 0 Å². The van der Waals surface area contributed by atoms with E-state index in [1.807, 2.05) is 6.07 Å². The van der Waals surface area contributed by atoms with Crippen LogP contribution in [0.5, 0.6) is 0 Å². The molecule has 3 heterocycles. The van der Waals surface area contributed by atoms with Crippen molar-refractivity contribution in [1.82, 2.24) is 15.0 Å². The van der Waals surface area contributed by atoms with Crippen LogP contribution in [0, 0.1) is 5.82 Å². The maximum absolute atomic E-state index is 14.5. The Morgan fingerprint density at radius 2 is 2.00 bits per heavy atom. The second-order valence-corrected chi connectivity index (χ2v) is 9.14. The number of nitrogens with one attached hydrogen (secondary N) is 2. The van der Waals surface area contributed by atoms with E-state index in [-0.39, 0.29) is 17.2 Å². The highest BCUT2D eigenvalue weighted by Crippen LogP contribution is 2.40. The molecule has 2 aromatic carbocycles.